The van der Waals surface area contributed by atoms with Crippen LogP contribution in [0.1, 0.15) is 24.3 Å². The summed E-state index contributed by atoms with van der Waals surface area (Å²) in [6.07, 6.45) is 1.50. The van der Waals surface area contributed by atoms with Crippen molar-refractivity contribution in [2.24, 2.45) is 5.92 Å². The number of nitrogens with zero attached hydrogens (tertiary/aromatic N) is 2. The minimum absolute atomic E-state index is 0.102. The first kappa shape index (κ1) is 20.1. The number of nitrogens with one attached hydrogen (secondary N) is 2. The summed E-state index contributed by atoms with van der Waals surface area (Å²) >= 11 is 0. The molecule has 2 amide bonds. The Morgan fingerprint density at radius 3 is 2.62 bits per heavy atom. The van der Waals surface area contributed by atoms with Crippen molar-refractivity contribution in [3.8, 4) is 17.2 Å². The van der Waals surface area contributed by atoms with Gasteiger partial charge in [0.2, 0.25) is 11.8 Å². The lowest BCUT2D eigenvalue weighted by molar-refractivity contribution is -0.115. The standard InChI is InChI=1S/C21H22N4O4/c1-14(2)13-28-20-9-8-16(11-22-20)24-19(26)12-23-21(27)17-10-18(29-25-17)15-6-4-3-5-7-15/h3-11,14H,12-13H2,1-2H3,(H,23,27)(H,24,26). The molecule has 150 valence electrons. The minimum Gasteiger partial charge on any atom is -0.477 e. The van der Waals surface area contributed by atoms with Gasteiger partial charge in [0.25, 0.3) is 5.91 Å². The molecule has 3 aromatic rings. The van der Waals surface area contributed by atoms with Crippen molar-refractivity contribution in [1.82, 2.24) is 15.5 Å². The van der Waals surface area contributed by atoms with Gasteiger partial charge in [-0.05, 0) is 12.0 Å². The van der Waals surface area contributed by atoms with Crippen LogP contribution in [0.15, 0.2) is 59.3 Å². The highest BCUT2D eigenvalue weighted by Crippen LogP contribution is 2.19. The van der Waals surface area contributed by atoms with Gasteiger partial charge in [-0.25, -0.2) is 4.98 Å². The molecule has 8 nitrogen and oxygen atoms in total. The Morgan fingerprint density at radius 1 is 1.14 bits per heavy atom. The van der Waals surface area contributed by atoms with E-state index in [1.807, 2.05) is 44.2 Å². The van der Waals surface area contributed by atoms with Gasteiger partial charge in [0, 0.05) is 17.7 Å². The minimum atomic E-state index is -0.498. The normalized spacial score (nSPS) is 10.6. The molecule has 0 fully saturated rings. The predicted molar refractivity (Wildman–Crippen MR) is 107 cm³/mol. The second-order valence-corrected chi connectivity index (χ2v) is 6.76. The number of hydrogen-bond acceptors (Lipinski definition) is 6. The van der Waals surface area contributed by atoms with Crippen LogP contribution in [-0.2, 0) is 4.79 Å². The maximum atomic E-state index is 12.2. The van der Waals surface area contributed by atoms with E-state index in [4.69, 9.17) is 9.26 Å². The van der Waals surface area contributed by atoms with Gasteiger partial charge in [-0.3, -0.25) is 9.59 Å². The molecule has 0 radical (unpaired) electrons. The van der Waals surface area contributed by atoms with Crippen molar-refractivity contribution in [3.05, 3.63) is 60.4 Å². The molecular formula is C21H22N4O4. The molecule has 0 aliphatic carbocycles. The van der Waals surface area contributed by atoms with Crippen LogP contribution in [0.25, 0.3) is 11.3 Å². The van der Waals surface area contributed by atoms with Crippen LogP contribution in [0.2, 0.25) is 0 Å². The molecule has 0 bridgehead atoms. The lowest BCUT2D eigenvalue weighted by Crippen LogP contribution is -2.33. The summed E-state index contributed by atoms with van der Waals surface area (Å²) < 4.78 is 10.7. The first-order chi connectivity index (χ1) is 14.0. The van der Waals surface area contributed by atoms with E-state index in [0.29, 0.717) is 29.9 Å². The van der Waals surface area contributed by atoms with E-state index in [0.717, 1.165) is 5.56 Å². The molecule has 0 aliphatic heterocycles. The number of carbonyl (C=O) groups excluding carboxylic acids is 2. The number of rotatable bonds is 8. The fraction of sp³-hybridized carbons (Fsp3) is 0.238. The summed E-state index contributed by atoms with van der Waals surface area (Å²) in [5.74, 6) is 0.481. The van der Waals surface area contributed by atoms with Crippen LogP contribution in [0.3, 0.4) is 0 Å². The van der Waals surface area contributed by atoms with E-state index in [9.17, 15) is 9.59 Å². The summed E-state index contributed by atoms with van der Waals surface area (Å²) in [6.45, 7) is 4.45. The number of carbonyl (C=O) groups is 2. The Kier molecular flexibility index (Phi) is 6.57. The molecule has 29 heavy (non-hydrogen) atoms. The van der Waals surface area contributed by atoms with E-state index < -0.39 is 5.91 Å². The molecule has 0 unspecified atom stereocenters. The Hall–Kier alpha value is -3.68. The number of hydrogen-bond donors (Lipinski definition) is 2. The topological polar surface area (TPSA) is 106 Å². The second-order valence-electron chi connectivity index (χ2n) is 6.76. The van der Waals surface area contributed by atoms with E-state index in [1.54, 1.807) is 12.1 Å². The van der Waals surface area contributed by atoms with Gasteiger partial charge < -0.3 is 19.9 Å². The van der Waals surface area contributed by atoms with Gasteiger partial charge in [-0.15, -0.1) is 0 Å². The molecule has 8 heteroatoms. The molecule has 0 atom stereocenters. The largest absolute Gasteiger partial charge is 0.477 e. The Bertz CT molecular complexity index is 952. The molecule has 2 aromatic heterocycles. The number of aromatic nitrogens is 2. The zero-order valence-electron chi connectivity index (χ0n) is 16.2. The molecule has 0 saturated carbocycles. The average Bonchev–Trinajstić information content (AvgIpc) is 3.22. The molecule has 0 saturated heterocycles. The highest BCUT2D eigenvalue weighted by molar-refractivity contribution is 5.98. The van der Waals surface area contributed by atoms with Gasteiger partial charge in [0.05, 0.1) is 25.0 Å². The van der Waals surface area contributed by atoms with Crippen molar-refractivity contribution in [3.63, 3.8) is 0 Å². The molecule has 1 aromatic carbocycles. The fourth-order valence-corrected chi connectivity index (χ4v) is 2.37. The van der Waals surface area contributed by atoms with Crippen molar-refractivity contribution in [2.75, 3.05) is 18.5 Å². The van der Waals surface area contributed by atoms with Crippen LogP contribution >= 0.6 is 0 Å². The molecular weight excluding hydrogens is 372 g/mol. The Labute approximate surface area is 168 Å². The van der Waals surface area contributed by atoms with Crippen LogP contribution < -0.4 is 15.4 Å². The van der Waals surface area contributed by atoms with Crippen LogP contribution in [0.5, 0.6) is 5.88 Å². The number of anilines is 1. The van der Waals surface area contributed by atoms with E-state index in [2.05, 4.69) is 20.8 Å². The Morgan fingerprint density at radius 2 is 1.93 bits per heavy atom. The summed E-state index contributed by atoms with van der Waals surface area (Å²) in [5.41, 5.74) is 1.42. The summed E-state index contributed by atoms with van der Waals surface area (Å²) in [6, 6.07) is 14.2. The third kappa shape index (κ3) is 5.90. The van der Waals surface area contributed by atoms with Gasteiger partial charge in [0.15, 0.2) is 11.5 Å². The highest BCUT2D eigenvalue weighted by atomic mass is 16.5. The average molecular weight is 394 g/mol. The molecule has 2 N–H and O–H groups in total. The number of ether oxygens (including phenoxy) is 1. The quantitative estimate of drug-likeness (QED) is 0.608. The summed E-state index contributed by atoms with van der Waals surface area (Å²) in [7, 11) is 0. The van der Waals surface area contributed by atoms with Crippen molar-refractivity contribution >= 4 is 17.5 Å². The van der Waals surface area contributed by atoms with Gasteiger partial charge in [0.1, 0.15) is 0 Å². The number of amides is 2. The third-order valence-electron chi connectivity index (χ3n) is 3.80. The van der Waals surface area contributed by atoms with Crippen LogP contribution in [0.4, 0.5) is 5.69 Å². The van der Waals surface area contributed by atoms with E-state index in [-0.39, 0.29) is 18.1 Å². The van der Waals surface area contributed by atoms with Crippen LogP contribution in [-0.4, -0.2) is 35.1 Å². The van der Waals surface area contributed by atoms with E-state index >= 15 is 0 Å². The van der Waals surface area contributed by atoms with Gasteiger partial charge in [-0.2, -0.15) is 0 Å². The number of benzene rings is 1. The first-order valence-corrected chi connectivity index (χ1v) is 9.20. The predicted octanol–water partition coefficient (Wildman–Crippen LogP) is 3.14. The molecule has 0 aliphatic rings. The highest BCUT2D eigenvalue weighted by Gasteiger charge is 2.14. The monoisotopic (exact) mass is 394 g/mol. The van der Waals surface area contributed by atoms with Crippen molar-refractivity contribution in [2.45, 2.75) is 13.8 Å². The van der Waals surface area contributed by atoms with E-state index in [1.165, 1.54) is 12.3 Å². The zero-order valence-corrected chi connectivity index (χ0v) is 16.2. The smallest absolute Gasteiger partial charge is 0.273 e. The van der Waals surface area contributed by atoms with Gasteiger partial charge in [-0.1, -0.05) is 49.3 Å². The number of pyridine rings is 1. The van der Waals surface area contributed by atoms with Crippen molar-refractivity contribution < 1.29 is 18.8 Å². The second kappa shape index (κ2) is 9.50. The molecule has 2 heterocycles. The molecule has 0 spiro atoms. The molecule has 3 rings (SSSR count). The first-order valence-electron chi connectivity index (χ1n) is 9.20. The Balaban J connectivity index is 1.48. The van der Waals surface area contributed by atoms with Gasteiger partial charge >= 0.3 is 0 Å². The fourth-order valence-electron chi connectivity index (χ4n) is 2.37. The third-order valence-corrected chi connectivity index (χ3v) is 3.80. The maximum absolute atomic E-state index is 12.2. The summed E-state index contributed by atoms with van der Waals surface area (Å²) in [4.78, 5) is 28.4. The SMILES string of the molecule is CC(C)COc1ccc(NC(=O)CNC(=O)c2cc(-c3ccccc3)on2)cn1. The zero-order chi connectivity index (χ0) is 20.6. The summed E-state index contributed by atoms with van der Waals surface area (Å²) in [5, 5.41) is 8.92. The van der Waals surface area contributed by atoms with Crippen molar-refractivity contribution in [1.29, 1.82) is 0 Å². The lowest BCUT2D eigenvalue weighted by atomic mass is 10.1. The maximum Gasteiger partial charge on any atom is 0.273 e. The van der Waals surface area contributed by atoms with Crippen LogP contribution in [0, 0.1) is 5.92 Å². The lowest BCUT2D eigenvalue weighted by Gasteiger charge is -2.09.